The summed E-state index contributed by atoms with van der Waals surface area (Å²) in [6, 6.07) is 1.56. The van der Waals surface area contributed by atoms with Gasteiger partial charge in [0.15, 0.2) is 0 Å². The van der Waals surface area contributed by atoms with Crippen LogP contribution in [0.4, 0.5) is 0 Å². The summed E-state index contributed by atoms with van der Waals surface area (Å²) < 4.78 is 0. The second-order valence-corrected chi connectivity index (χ2v) is 5.83. The van der Waals surface area contributed by atoms with Crippen LogP contribution in [0.5, 0.6) is 0 Å². The smallest absolute Gasteiger partial charge is 0.0207 e. The molecule has 4 atom stereocenters. The summed E-state index contributed by atoms with van der Waals surface area (Å²) in [5, 5.41) is 3.47. The van der Waals surface area contributed by atoms with Gasteiger partial charge in [-0.25, -0.2) is 0 Å². The predicted molar refractivity (Wildman–Crippen MR) is 113 cm³/mol. The van der Waals surface area contributed by atoms with Gasteiger partial charge in [0.1, 0.15) is 0 Å². The van der Waals surface area contributed by atoms with E-state index >= 15 is 0 Å². The zero-order valence-electron chi connectivity index (χ0n) is 17.0. The van der Waals surface area contributed by atoms with Crippen molar-refractivity contribution >= 4 is 24.0 Å². The molecule has 0 aromatic heterocycles. The second kappa shape index (κ2) is 22.6. The van der Waals surface area contributed by atoms with Crippen LogP contribution in [-0.4, -0.2) is 79.1 Å². The fourth-order valence-corrected chi connectivity index (χ4v) is 3.54. The van der Waals surface area contributed by atoms with Crippen LogP contribution < -0.4 is 5.32 Å². The molecule has 0 amide bonds. The first-order chi connectivity index (χ1) is 9.85. The first-order valence-corrected chi connectivity index (χ1v) is 8.03. The maximum atomic E-state index is 3.68. The molecule has 4 bridgehead atoms. The molecule has 4 aliphatic rings. The number of halogens is 1. The fraction of sp³-hybridized carbons (Fsp3) is 0.722. The Morgan fingerprint density at radius 3 is 2.04 bits per heavy atom. The van der Waals surface area contributed by atoms with Crippen molar-refractivity contribution in [1.29, 1.82) is 0 Å². The average Bonchev–Trinajstić information content (AvgIpc) is 3.05. The van der Waals surface area contributed by atoms with Crippen LogP contribution in [-0.2, 0) is 84.0 Å². The van der Waals surface area contributed by atoms with Gasteiger partial charge in [0.2, 0.25) is 0 Å². The molecule has 4 heterocycles. The molecule has 4 rings (SSSR count). The molecule has 4 unspecified atom stereocenters. The summed E-state index contributed by atoms with van der Waals surface area (Å²) >= 11 is 0. The molecular formula is C18H37IN4VY2-4. The van der Waals surface area contributed by atoms with Crippen molar-refractivity contribution in [2.24, 2.45) is 0 Å². The van der Waals surface area contributed by atoms with Crippen LogP contribution in [0.15, 0.2) is 6.58 Å². The van der Waals surface area contributed by atoms with E-state index in [2.05, 4.69) is 39.7 Å². The van der Waals surface area contributed by atoms with Gasteiger partial charge in [-0.15, -0.1) is 24.0 Å². The minimum absolute atomic E-state index is 0. The van der Waals surface area contributed by atoms with E-state index in [1.54, 1.807) is 6.92 Å². The van der Waals surface area contributed by atoms with Gasteiger partial charge in [-0.2, -0.15) is 6.92 Å². The van der Waals surface area contributed by atoms with Crippen molar-refractivity contribution in [2.45, 2.75) is 31.8 Å². The van der Waals surface area contributed by atoms with Crippen molar-refractivity contribution < 1.29 is 84.0 Å². The minimum atomic E-state index is 0. The van der Waals surface area contributed by atoms with E-state index in [9.17, 15) is 0 Å². The molecule has 3 radical (unpaired) electrons. The molecular weight excluding hydrogens is 628 g/mol. The Morgan fingerprint density at radius 1 is 0.923 bits per heavy atom. The van der Waals surface area contributed by atoms with Gasteiger partial charge < -0.3 is 43.1 Å². The molecule has 0 aromatic carbocycles. The largest absolute Gasteiger partial charge is 0.550 e. The SMILES string of the molecule is C1CN2CCC(C2)N1.C=[C-]N1CCN2CCC1C2.I.[CH2-]C.[CH3-].[CH3-].[V].[Y].[Y]. The molecule has 1 N–H and O–H groups in total. The Hall–Kier alpha value is 2.94. The van der Waals surface area contributed by atoms with Crippen molar-refractivity contribution in [2.75, 3.05) is 52.4 Å². The van der Waals surface area contributed by atoms with E-state index in [4.69, 9.17) is 0 Å². The maximum Gasteiger partial charge on any atom is 0.0207 e. The Bertz CT molecular complexity index is 303. The van der Waals surface area contributed by atoms with E-state index in [-0.39, 0.29) is 123 Å². The predicted octanol–water partition coefficient (Wildman–Crippen LogP) is 2.34. The van der Waals surface area contributed by atoms with Gasteiger partial charge in [-0.3, -0.25) is 11.5 Å². The van der Waals surface area contributed by atoms with Gasteiger partial charge in [-0.1, -0.05) is 0 Å². The average molecular weight is 665 g/mol. The topological polar surface area (TPSA) is 21.8 Å². The van der Waals surface area contributed by atoms with E-state index in [0.29, 0.717) is 0 Å². The van der Waals surface area contributed by atoms with Crippen molar-refractivity contribution in [3.05, 3.63) is 34.6 Å². The van der Waals surface area contributed by atoms with Gasteiger partial charge in [0.25, 0.3) is 0 Å². The standard InChI is InChI=1S/C8H13N2.C6H12N2.C2H5.2CH3.HI.V.2Y/c1-2-10-6-5-9-4-3-8(10)7-9;1-3-8-4-2-7-6(1)5-8;1-2;;;;;;/h8H,1,3-7H2;6-7H,1-5H2;1H2,2H3;2*1H3;1H;;;/q-1;;3*-1;;;;. The Balaban J connectivity index is -0.0000000860. The Kier molecular flexibility index (Phi) is 34.3. The van der Waals surface area contributed by atoms with E-state index in [0.717, 1.165) is 18.6 Å². The normalized spacial score (nSPS) is 28.8. The fourth-order valence-electron chi connectivity index (χ4n) is 3.54. The van der Waals surface area contributed by atoms with Crippen LogP contribution in [0.2, 0.25) is 0 Å². The number of nitrogens with one attached hydrogen (secondary N) is 1. The zero-order chi connectivity index (χ0) is 14.4. The second-order valence-electron chi connectivity index (χ2n) is 5.83. The summed E-state index contributed by atoms with van der Waals surface area (Å²) in [5.74, 6) is 0. The van der Waals surface area contributed by atoms with E-state index < -0.39 is 0 Å². The number of piperazine rings is 2. The molecule has 151 valence electrons. The number of hydrogen-bond donors (Lipinski definition) is 1. The molecule has 0 aliphatic carbocycles. The van der Waals surface area contributed by atoms with Crippen molar-refractivity contribution in [1.82, 2.24) is 20.0 Å². The quantitative estimate of drug-likeness (QED) is 0.344. The van der Waals surface area contributed by atoms with Crippen molar-refractivity contribution in [3.63, 3.8) is 0 Å². The first kappa shape index (κ1) is 39.4. The van der Waals surface area contributed by atoms with Crippen LogP contribution in [0.3, 0.4) is 0 Å². The summed E-state index contributed by atoms with van der Waals surface area (Å²) in [6.45, 7) is 18.7. The van der Waals surface area contributed by atoms with E-state index in [1.165, 1.54) is 58.7 Å². The van der Waals surface area contributed by atoms with Gasteiger partial charge in [0, 0.05) is 135 Å². The molecule has 4 fully saturated rings. The molecule has 4 nitrogen and oxygen atoms in total. The van der Waals surface area contributed by atoms with Crippen LogP contribution in [0.1, 0.15) is 19.8 Å². The summed E-state index contributed by atoms with van der Waals surface area (Å²) in [6.07, 6.45) is 5.67. The molecule has 26 heavy (non-hydrogen) atoms. The molecule has 4 saturated heterocycles. The monoisotopic (exact) mass is 665 g/mol. The zero-order valence-corrected chi connectivity index (χ0v) is 26.4. The molecule has 4 aliphatic heterocycles. The number of rotatable bonds is 1. The Morgan fingerprint density at radius 2 is 1.50 bits per heavy atom. The third-order valence-electron chi connectivity index (χ3n) is 4.68. The van der Waals surface area contributed by atoms with Gasteiger partial charge in [0.05, 0.1) is 0 Å². The van der Waals surface area contributed by atoms with Gasteiger partial charge >= 0.3 is 0 Å². The third-order valence-corrected chi connectivity index (χ3v) is 4.68. The third kappa shape index (κ3) is 12.6. The summed E-state index contributed by atoms with van der Waals surface area (Å²) in [4.78, 5) is 7.29. The molecule has 0 saturated carbocycles. The number of fused-ring (bicyclic) bond motifs is 4. The van der Waals surface area contributed by atoms with Crippen LogP contribution in [0, 0.1) is 28.0 Å². The number of nitrogens with zero attached hydrogens (tertiary/aromatic N) is 3. The van der Waals surface area contributed by atoms with E-state index in [1.807, 2.05) is 0 Å². The van der Waals surface area contributed by atoms with Crippen LogP contribution in [0.25, 0.3) is 0 Å². The van der Waals surface area contributed by atoms with Crippen LogP contribution >= 0.6 is 24.0 Å². The summed E-state index contributed by atoms with van der Waals surface area (Å²) in [5.41, 5.74) is 0. The Labute approximate surface area is 243 Å². The minimum Gasteiger partial charge on any atom is -0.550 e. The van der Waals surface area contributed by atoms with Crippen molar-refractivity contribution in [3.8, 4) is 0 Å². The summed E-state index contributed by atoms with van der Waals surface area (Å²) in [7, 11) is 0. The van der Waals surface area contributed by atoms with Gasteiger partial charge in [-0.05, 0) is 25.9 Å². The molecule has 0 spiro atoms. The maximum absolute atomic E-state index is 3.68. The molecule has 0 aromatic rings. The molecule has 8 heteroatoms. The number of hydrogen-bond acceptors (Lipinski definition) is 4. The first-order valence-electron chi connectivity index (χ1n) is 8.03.